The minimum absolute atomic E-state index is 0. The smallest absolute Gasteiger partial charge is 0.186 e. The minimum atomic E-state index is 0. The van der Waals surface area contributed by atoms with E-state index in [1.54, 1.807) is 11.3 Å². The SMILES string of the molecule is CN(c1nc2ccc(-c3ccc4nn(C)cc4c3)cc2s1)C1CCNC1.Cl. The van der Waals surface area contributed by atoms with Gasteiger partial charge in [0.2, 0.25) is 0 Å². The van der Waals surface area contributed by atoms with Crippen molar-refractivity contribution in [3.05, 3.63) is 42.6 Å². The molecule has 5 rings (SSSR count). The van der Waals surface area contributed by atoms with Gasteiger partial charge in [0.15, 0.2) is 5.13 Å². The number of nitrogens with zero attached hydrogens (tertiary/aromatic N) is 4. The summed E-state index contributed by atoms with van der Waals surface area (Å²) in [5.74, 6) is 0. The summed E-state index contributed by atoms with van der Waals surface area (Å²) in [6.07, 6.45) is 3.25. The number of thiazole rings is 1. The van der Waals surface area contributed by atoms with Crippen molar-refractivity contribution in [2.24, 2.45) is 7.05 Å². The molecule has 0 saturated carbocycles. The van der Waals surface area contributed by atoms with Crippen molar-refractivity contribution in [3.63, 3.8) is 0 Å². The molecule has 4 aromatic rings. The van der Waals surface area contributed by atoms with Crippen LogP contribution < -0.4 is 10.2 Å². The molecule has 1 aliphatic heterocycles. The summed E-state index contributed by atoms with van der Waals surface area (Å²) in [6.45, 7) is 2.14. The Morgan fingerprint density at radius 2 is 1.93 bits per heavy atom. The van der Waals surface area contributed by atoms with Gasteiger partial charge in [-0.1, -0.05) is 23.5 Å². The van der Waals surface area contributed by atoms with Crippen molar-refractivity contribution in [3.8, 4) is 11.1 Å². The van der Waals surface area contributed by atoms with Gasteiger partial charge in [-0.15, -0.1) is 12.4 Å². The van der Waals surface area contributed by atoms with E-state index in [1.165, 1.54) is 27.6 Å². The highest BCUT2D eigenvalue weighted by atomic mass is 35.5. The molecule has 0 radical (unpaired) electrons. The molecule has 1 saturated heterocycles. The number of hydrogen-bond acceptors (Lipinski definition) is 5. The summed E-state index contributed by atoms with van der Waals surface area (Å²) < 4.78 is 3.10. The van der Waals surface area contributed by atoms with E-state index in [0.717, 1.165) is 29.3 Å². The third-order valence-corrected chi connectivity index (χ3v) is 6.32. The van der Waals surface area contributed by atoms with Crippen LogP contribution in [0.4, 0.5) is 5.13 Å². The van der Waals surface area contributed by atoms with Crippen LogP contribution in [0.3, 0.4) is 0 Å². The fourth-order valence-corrected chi connectivity index (χ4v) is 4.74. The van der Waals surface area contributed by atoms with Gasteiger partial charge in [-0.25, -0.2) is 4.98 Å². The Morgan fingerprint density at radius 3 is 2.70 bits per heavy atom. The average molecular weight is 400 g/mol. The molecule has 2 aromatic heterocycles. The molecule has 0 amide bonds. The zero-order chi connectivity index (χ0) is 17.7. The molecular weight excluding hydrogens is 378 g/mol. The van der Waals surface area contributed by atoms with Crippen molar-refractivity contribution in [1.29, 1.82) is 0 Å². The second-order valence-electron chi connectivity index (χ2n) is 7.01. The van der Waals surface area contributed by atoms with E-state index in [-0.39, 0.29) is 12.4 Å². The Bertz CT molecular complexity index is 1100. The first-order valence-electron chi connectivity index (χ1n) is 8.95. The molecule has 7 heteroatoms. The summed E-state index contributed by atoms with van der Waals surface area (Å²) in [5, 5.41) is 10.2. The largest absolute Gasteiger partial charge is 0.347 e. The van der Waals surface area contributed by atoms with Crippen LogP contribution in [-0.2, 0) is 7.05 Å². The van der Waals surface area contributed by atoms with Gasteiger partial charge in [0.1, 0.15) is 0 Å². The Labute approximate surface area is 168 Å². The number of likely N-dealkylation sites (N-methyl/N-ethyl adjacent to an activating group) is 1. The third kappa shape index (κ3) is 3.29. The Hall–Kier alpha value is -2.15. The maximum Gasteiger partial charge on any atom is 0.186 e. The van der Waals surface area contributed by atoms with E-state index < -0.39 is 0 Å². The van der Waals surface area contributed by atoms with Crippen LogP contribution in [-0.4, -0.2) is 40.9 Å². The van der Waals surface area contributed by atoms with E-state index in [0.29, 0.717) is 6.04 Å². The predicted octanol–water partition coefficient (Wildman–Crippen LogP) is 4.07. The first kappa shape index (κ1) is 18.2. The van der Waals surface area contributed by atoms with Gasteiger partial charge in [0, 0.05) is 38.3 Å². The molecule has 1 aliphatic rings. The van der Waals surface area contributed by atoms with E-state index in [1.807, 2.05) is 11.7 Å². The molecule has 27 heavy (non-hydrogen) atoms. The van der Waals surface area contributed by atoms with E-state index in [2.05, 4.69) is 65.0 Å². The summed E-state index contributed by atoms with van der Waals surface area (Å²) in [7, 11) is 4.12. The molecule has 1 N–H and O–H groups in total. The molecule has 0 spiro atoms. The highest BCUT2D eigenvalue weighted by Gasteiger charge is 2.21. The average Bonchev–Trinajstić information content (AvgIpc) is 3.37. The Kier molecular flexibility index (Phi) is 4.80. The lowest BCUT2D eigenvalue weighted by molar-refractivity contribution is 0.684. The summed E-state index contributed by atoms with van der Waals surface area (Å²) in [5.41, 5.74) is 4.55. The van der Waals surface area contributed by atoms with Crippen LogP contribution in [0.5, 0.6) is 0 Å². The zero-order valence-corrected chi connectivity index (χ0v) is 17.0. The number of hydrogen-bond donors (Lipinski definition) is 1. The molecule has 140 valence electrons. The lowest BCUT2D eigenvalue weighted by Crippen LogP contribution is -2.33. The highest BCUT2D eigenvalue weighted by molar-refractivity contribution is 7.22. The maximum absolute atomic E-state index is 4.85. The number of benzene rings is 2. The molecule has 0 bridgehead atoms. The number of nitrogens with one attached hydrogen (secondary N) is 1. The van der Waals surface area contributed by atoms with Crippen molar-refractivity contribution < 1.29 is 0 Å². The molecular formula is C20H22ClN5S. The molecule has 1 unspecified atom stereocenters. The van der Waals surface area contributed by atoms with Gasteiger partial charge < -0.3 is 10.2 Å². The second-order valence-corrected chi connectivity index (χ2v) is 8.02. The van der Waals surface area contributed by atoms with Gasteiger partial charge in [-0.2, -0.15) is 5.10 Å². The minimum Gasteiger partial charge on any atom is -0.347 e. The fraction of sp³-hybridized carbons (Fsp3) is 0.300. The fourth-order valence-electron chi connectivity index (χ4n) is 3.70. The van der Waals surface area contributed by atoms with Gasteiger partial charge in [-0.05, 0) is 48.4 Å². The number of aryl methyl sites for hydroxylation is 1. The van der Waals surface area contributed by atoms with Crippen LogP contribution in [0.15, 0.2) is 42.6 Å². The first-order chi connectivity index (χ1) is 12.7. The monoisotopic (exact) mass is 399 g/mol. The molecule has 1 atom stereocenters. The first-order valence-corrected chi connectivity index (χ1v) is 9.77. The molecule has 0 aliphatic carbocycles. The number of rotatable bonds is 3. The van der Waals surface area contributed by atoms with Gasteiger partial charge in [0.25, 0.3) is 0 Å². The van der Waals surface area contributed by atoms with Crippen molar-refractivity contribution in [1.82, 2.24) is 20.1 Å². The van der Waals surface area contributed by atoms with Gasteiger partial charge >= 0.3 is 0 Å². The third-order valence-electron chi connectivity index (χ3n) is 5.21. The maximum atomic E-state index is 4.85. The van der Waals surface area contributed by atoms with Crippen molar-refractivity contribution >= 4 is 50.0 Å². The normalized spacial score (nSPS) is 16.7. The molecule has 3 heterocycles. The van der Waals surface area contributed by atoms with E-state index in [9.17, 15) is 0 Å². The molecule has 1 fully saturated rings. The van der Waals surface area contributed by atoms with Crippen molar-refractivity contribution in [2.75, 3.05) is 25.0 Å². The lowest BCUT2D eigenvalue weighted by atomic mass is 10.0. The van der Waals surface area contributed by atoms with Crippen LogP contribution in [0.1, 0.15) is 6.42 Å². The van der Waals surface area contributed by atoms with E-state index >= 15 is 0 Å². The number of anilines is 1. The summed E-state index contributed by atoms with van der Waals surface area (Å²) >= 11 is 1.78. The topological polar surface area (TPSA) is 46.0 Å². The quantitative estimate of drug-likeness (QED) is 0.564. The van der Waals surface area contributed by atoms with Crippen LogP contribution in [0.2, 0.25) is 0 Å². The second kappa shape index (κ2) is 7.11. The standard InChI is InChI=1S/C20H21N5S.ClH/c1-24-12-15-9-13(3-5-17(15)23-24)14-4-6-18-19(10-14)26-20(22-18)25(2)16-7-8-21-11-16;/h3-6,9-10,12,16,21H,7-8,11H2,1-2H3;1H. The van der Waals surface area contributed by atoms with Crippen LogP contribution >= 0.6 is 23.7 Å². The highest BCUT2D eigenvalue weighted by Crippen LogP contribution is 2.33. The molecule has 2 aromatic carbocycles. The van der Waals surface area contributed by atoms with Crippen LogP contribution in [0.25, 0.3) is 32.2 Å². The Morgan fingerprint density at radius 1 is 1.15 bits per heavy atom. The Balaban J connectivity index is 0.00000180. The number of aromatic nitrogens is 3. The van der Waals surface area contributed by atoms with E-state index in [4.69, 9.17) is 4.98 Å². The van der Waals surface area contributed by atoms with Gasteiger partial charge in [0.05, 0.1) is 15.7 Å². The van der Waals surface area contributed by atoms with Crippen molar-refractivity contribution in [2.45, 2.75) is 12.5 Å². The predicted molar refractivity (Wildman–Crippen MR) is 116 cm³/mol. The number of halogens is 1. The number of fused-ring (bicyclic) bond motifs is 2. The lowest BCUT2D eigenvalue weighted by Gasteiger charge is -2.22. The van der Waals surface area contributed by atoms with Crippen LogP contribution in [0, 0.1) is 0 Å². The van der Waals surface area contributed by atoms with Gasteiger partial charge in [-0.3, -0.25) is 4.68 Å². The summed E-state index contributed by atoms with van der Waals surface area (Å²) in [6, 6.07) is 13.6. The summed E-state index contributed by atoms with van der Waals surface area (Å²) in [4.78, 5) is 7.17. The molecule has 5 nitrogen and oxygen atoms in total. The zero-order valence-electron chi connectivity index (χ0n) is 15.3.